The van der Waals surface area contributed by atoms with E-state index in [1.54, 1.807) is 42.5 Å². The maximum Gasteiger partial charge on any atom is 0.262 e. The van der Waals surface area contributed by atoms with Gasteiger partial charge in [0, 0.05) is 16.1 Å². The number of carbonyl (C=O) groups is 2. The first kappa shape index (κ1) is 20.5. The highest BCUT2D eigenvalue weighted by molar-refractivity contribution is 6.30. The lowest BCUT2D eigenvalue weighted by atomic mass is 10.0. The first-order valence-electron chi connectivity index (χ1n) is 8.54. The summed E-state index contributed by atoms with van der Waals surface area (Å²) in [6.07, 6.45) is 1.80. The molecule has 2 rings (SSSR count). The molecule has 0 aliphatic carbocycles. The van der Waals surface area contributed by atoms with Crippen molar-refractivity contribution in [1.29, 1.82) is 0 Å². The Morgan fingerprint density at radius 2 is 1.81 bits per heavy atom. The Kier molecular flexibility index (Phi) is 7.37. The van der Waals surface area contributed by atoms with Gasteiger partial charge in [-0.3, -0.25) is 9.59 Å². The monoisotopic (exact) mass is 387 g/mol. The van der Waals surface area contributed by atoms with Crippen LogP contribution in [0.4, 0.5) is 0 Å². The molecule has 0 fully saturated rings. The summed E-state index contributed by atoms with van der Waals surface area (Å²) >= 11 is 5.83. The van der Waals surface area contributed by atoms with Crippen LogP contribution < -0.4 is 10.7 Å². The number of halogens is 1. The highest BCUT2D eigenvalue weighted by Crippen LogP contribution is 2.13. The van der Waals surface area contributed by atoms with Gasteiger partial charge in [-0.15, -0.1) is 0 Å². The van der Waals surface area contributed by atoms with E-state index in [-0.39, 0.29) is 17.6 Å². The number of phenolic OH excluding ortho intramolecular Hbond substituents is 1. The summed E-state index contributed by atoms with van der Waals surface area (Å²) in [6.45, 7) is 3.92. The SMILES string of the molecule is CC(C)CC(NC(=O)c1ccc(Cl)cc1)C(=O)NN=Cc1ccccc1O. The van der Waals surface area contributed by atoms with Crippen LogP contribution in [0, 0.1) is 5.92 Å². The fourth-order valence-corrected chi connectivity index (χ4v) is 2.51. The van der Waals surface area contributed by atoms with Crippen molar-refractivity contribution in [2.45, 2.75) is 26.3 Å². The molecule has 27 heavy (non-hydrogen) atoms. The highest BCUT2D eigenvalue weighted by atomic mass is 35.5. The van der Waals surface area contributed by atoms with Crippen molar-refractivity contribution in [3.8, 4) is 5.75 Å². The summed E-state index contributed by atoms with van der Waals surface area (Å²) < 4.78 is 0. The van der Waals surface area contributed by atoms with Gasteiger partial charge >= 0.3 is 0 Å². The van der Waals surface area contributed by atoms with Crippen LogP contribution in [0.25, 0.3) is 0 Å². The van der Waals surface area contributed by atoms with E-state index in [0.29, 0.717) is 22.6 Å². The molecule has 0 spiro atoms. The molecule has 0 radical (unpaired) electrons. The number of hydrogen-bond donors (Lipinski definition) is 3. The lowest BCUT2D eigenvalue weighted by Gasteiger charge is -2.19. The predicted octanol–water partition coefficient (Wildman–Crippen LogP) is 3.34. The number of hydrazone groups is 1. The average molecular weight is 388 g/mol. The Morgan fingerprint density at radius 1 is 1.15 bits per heavy atom. The Bertz CT molecular complexity index is 819. The van der Waals surface area contributed by atoms with Crippen molar-refractivity contribution in [3.63, 3.8) is 0 Å². The predicted molar refractivity (Wildman–Crippen MR) is 106 cm³/mol. The summed E-state index contributed by atoms with van der Waals surface area (Å²) in [5.74, 6) is -0.548. The molecule has 2 aromatic carbocycles. The van der Waals surface area contributed by atoms with Crippen LogP contribution >= 0.6 is 11.6 Å². The summed E-state index contributed by atoms with van der Waals surface area (Å²) in [5, 5.41) is 16.8. The number of nitrogens with zero attached hydrogens (tertiary/aromatic N) is 1. The molecule has 0 heterocycles. The van der Waals surface area contributed by atoms with Crippen molar-refractivity contribution < 1.29 is 14.7 Å². The number of carbonyl (C=O) groups excluding carboxylic acids is 2. The van der Waals surface area contributed by atoms with E-state index in [0.717, 1.165) is 0 Å². The number of amides is 2. The molecule has 2 aromatic rings. The van der Waals surface area contributed by atoms with Crippen molar-refractivity contribution in [3.05, 3.63) is 64.7 Å². The number of nitrogens with one attached hydrogen (secondary N) is 2. The van der Waals surface area contributed by atoms with Crippen LogP contribution in [0.3, 0.4) is 0 Å². The largest absolute Gasteiger partial charge is 0.507 e. The molecule has 1 unspecified atom stereocenters. The molecule has 0 aliphatic heterocycles. The van der Waals surface area contributed by atoms with Gasteiger partial charge in [0.15, 0.2) is 0 Å². The van der Waals surface area contributed by atoms with Gasteiger partial charge < -0.3 is 10.4 Å². The Balaban J connectivity index is 2.03. The number of hydrogen-bond acceptors (Lipinski definition) is 4. The summed E-state index contributed by atoms with van der Waals surface area (Å²) in [4.78, 5) is 24.8. The number of rotatable bonds is 7. The van der Waals surface area contributed by atoms with E-state index in [9.17, 15) is 14.7 Å². The molecule has 0 saturated heterocycles. The molecule has 1 atom stereocenters. The summed E-state index contributed by atoms with van der Waals surface area (Å²) in [5.41, 5.74) is 3.30. The molecule has 7 heteroatoms. The van der Waals surface area contributed by atoms with Gasteiger partial charge in [-0.1, -0.05) is 37.6 Å². The second-order valence-electron chi connectivity index (χ2n) is 6.46. The van der Waals surface area contributed by atoms with E-state index >= 15 is 0 Å². The Labute approximate surface area is 163 Å². The van der Waals surface area contributed by atoms with E-state index in [4.69, 9.17) is 11.6 Å². The number of benzene rings is 2. The molecule has 0 aliphatic rings. The molecule has 0 bridgehead atoms. The maximum absolute atomic E-state index is 12.5. The highest BCUT2D eigenvalue weighted by Gasteiger charge is 2.22. The zero-order valence-corrected chi connectivity index (χ0v) is 15.9. The number of aromatic hydroxyl groups is 1. The minimum Gasteiger partial charge on any atom is -0.507 e. The Morgan fingerprint density at radius 3 is 2.44 bits per heavy atom. The van der Waals surface area contributed by atoms with Gasteiger partial charge in [0.2, 0.25) is 0 Å². The normalized spacial score (nSPS) is 12.1. The van der Waals surface area contributed by atoms with E-state index < -0.39 is 11.9 Å². The van der Waals surface area contributed by atoms with Crippen molar-refractivity contribution in [1.82, 2.24) is 10.7 Å². The van der Waals surface area contributed by atoms with Crippen LogP contribution in [-0.2, 0) is 4.79 Å². The molecule has 2 amide bonds. The minimum absolute atomic E-state index is 0.0604. The third-order valence-electron chi connectivity index (χ3n) is 3.75. The number of phenols is 1. The fourth-order valence-electron chi connectivity index (χ4n) is 2.39. The summed E-state index contributed by atoms with van der Waals surface area (Å²) in [7, 11) is 0. The van der Waals surface area contributed by atoms with Gasteiger partial charge in [0.05, 0.1) is 6.21 Å². The zero-order chi connectivity index (χ0) is 19.8. The van der Waals surface area contributed by atoms with Gasteiger partial charge in [0.25, 0.3) is 11.8 Å². The molecule has 0 aromatic heterocycles. The molecule has 0 saturated carbocycles. The van der Waals surface area contributed by atoms with Crippen LogP contribution in [0.2, 0.25) is 5.02 Å². The van der Waals surface area contributed by atoms with E-state index in [1.165, 1.54) is 12.3 Å². The maximum atomic E-state index is 12.5. The average Bonchev–Trinajstić information content (AvgIpc) is 2.62. The Hall–Kier alpha value is -2.86. The molecule has 3 N–H and O–H groups in total. The minimum atomic E-state index is -0.741. The van der Waals surface area contributed by atoms with Crippen LogP contribution in [0.5, 0.6) is 5.75 Å². The van der Waals surface area contributed by atoms with Gasteiger partial charge in [-0.25, -0.2) is 5.43 Å². The van der Waals surface area contributed by atoms with E-state index in [2.05, 4.69) is 15.8 Å². The molecule has 142 valence electrons. The van der Waals surface area contributed by atoms with E-state index in [1.807, 2.05) is 13.8 Å². The molecule has 6 nitrogen and oxygen atoms in total. The first-order chi connectivity index (χ1) is 12.9. The zero-order valence-electron chi connectivity index (χ0n) is 15.1. The van der Waals surface area contributed by atoms with Crippen molar-refractivity contribution in [2.24, 2.45) is 11.0 Å². The lowest BCUT2D eigenvalue weighted by Crippen LogP contribution is -2.46. The standard InChI is InChI=1S/C20H22ClN3O3/c1-13(2)11-17(23-19(26)14-7-9-16(21)10-8-14)20(27)24-22-12-15-5-3-4-6-18(15)25/h3-10,12-13,17,25H,11H2,1-2H3,(H,23,26)(H,24,27). The number of para-hydroxylation sites is 1. The topological polar surface area (TPSA) is 90.8 Å². The first-order valence-corrected chi connectivity index (χ1v) is 8.92. The molecular weight excluding hydrogens is 366 g/mol. The van der Waals surface area contributed by atoms with Crippen LogP contribution in [-0.4, -0.2) is 29.2 Å². The fraction of sp³-hybridized carbons (Fsp3) is 0.250. The van der Waals surface area contributed by atoms with Crippen LogP contribution in [0.15, 0.2) is 53.6 Å². The van der Waals surface area contributed by atoms with Gasteiger partial charge in [0.1, 0.15) is 11.8 Å². The second-order valence-corrected chi connectivity index (χ2v) is 6.89. The van der Waals surface area contributed by atoms with Crippen molar-refractivity contribution in [2.75, 3.05) is 0 Å². The van der Waals surface area contributed by atoms with Gasteiger partial charge in [-0.2, -0.15) is 5.10 Å². The van der Waals surface area contributed by atoms with Crippen molar-refractivity contribution >= 4 is 29.6 Å². The third kappa shape index (κ3) is 6.42. The summed E-state index contributed by atoms with van der Waals surface area (Å²) in [6, 6.07) is 12.3. The van der Waals surface area contributed by atoms with Gasteiger partial charge in [-0.05, 0) is 48.7 Å². The molecular formula is C20H22ClN3O3. The smallest absolute Gasteiger partial charge is 0.262 e. The lowest BCUT2D eigenvalue weighted by molar-refractivity contribution is -0.123. The quantitative estimate of drug-likeness (QED) is 0.502. The third-order valence-corrected chi connectivity index (χ3v) is 4.00. The second kappa shape index (κ2) is 9.73. The van der Waals surface area contributed by atoms with Crippen LogP contribution in [0.1, 0.15) is 36.2 Å².